The number of carbonyl (C=O) groups excluding carboxylic acids is 1. The van der Waals surface area contributed by atoms with Crippen molar-refractivity contribution in [3.05, 3.63) is 57.2 Å². The van der Waals surface area contributed by atoms with Gasteiger partial charge < -0.3 is 5.32 Å². The summed E-state index contributed by atoms with van der Waals surface area (Å²) in [5.41, 5.74) is 4.14. The van der Waals surface area contributed by atoms with Gasteiger partial charge in [0.05, 0.1) is 11.4 Å². The van der Waals surface area contributed by atoms with Gasteiger partial charge in [0.2, 0.25) is 0 Å². The van der Waals surface area contributed by atoms with Gasteiger partial charge in [0, 0.05) is 9.13 Å². The number of para-hydroxylation sites is 1. The molecule has 0 fully saturated rings. The highest BCUT2D eigenvalue weighted by molar-refractivity contribution is 14.1. The highest BCUT2D eigenvalue weighted by Gasteiger charge is 2.25. The van der Waals surface area contributed by atoms with Crippen molar-refractivity contribution in [1.29, 1.82) is 0 Å². The topological polar surface area (TPSA) is 41.5 Å². The van der Waals surface area contributed by atoms with E-state index in [2.05, 4.69) is 32.9 Å². The van der Waals surface area contributed by atoms with E-state index in [4.69, 9.17) is 0 Å². The maximum atomic E-state index is 11.9. The smallest absolute Gasteiger partial charge is 0.275 e. The van der Waals surface area contributed by atoms with Crippen molar-refractivity contribution >= 4 is 45.6 Å². The normalized spacial score (nSPS) is 15.5. The molecule has 4 heteroatoms. The zero-order valence-corrected chi connectivity index (χ0v) is 12.4. The van der Waals surface area contributed by atoms with E-state index < -0.39 is 0 Å². The van der Waals surface area contributed by atoms with Crippen LogP contribution < -0.4 is 5.32 Å². The minimum atomic E-state index is -0.141. The average Bonchev–Trinajstić information content (AvgIpc) is 2.71. The van der Waals surface area contributed by atoms with Crippen molar-refractivity contribution in [3.8, 4) is 0 Å². The summed E-state index contributed by atoms with van der Waals surface area (Å²) in [5, 5.41) is 2.82. The van der Waals surface area contributed by atoms with Gasteiger partial charge in [-0.05, 0) is 59.3 Å². The molecule has 1 N–H and O–H groups in total. The molecule has 1 heterocycles. The van der Waals surface area contributed by atoms with Gasteiger partial charge in [-0.3, -0.25) is 4.79 Å². The van der Waals surface area contributed by atoms with Gasteiger partial charge in [0.15, 0.2) is 0 Å². The molecule has 0 bridgehead atoms. The van der Waals surface area contributed by atoms with E-state index in [-0.39, 0.29) is 5.91 Å². The van der Waals surface area contributed by atoms with E-state index in [1.54, 1.807) is 0 Å². The Bertz CT molecular complexity index is 707. The third-order valence-corrected chi connectivity index (χ3v) is 4.24. The quantitative estimate of drug-likeness (QED) is 0.773. The van der Waals surface area contributed by atoms with E-state index >= 15 is 0 Å². The van der Waals surface area contributed by atoms with Crippen LogP contribution in [0.25, 0.3) is 0 Å². The lowest BCUT2D eigenvalue weighted by atomic mass is 10.1. The van der Waals surface area contributed by atoms with Crippen molar-refractivity contribution in [2.45, 2.75) is 6.92 Å². The molecule has 0 spiro atoms. The first-order valence-electron chi connectivity index (χ1n) is 5.91. The minimum Gasteiger partial charge on any atom is -0.320 e. The maximum absolute atomic E-state index is 11.9. The minimum absolute atomic E-state index is 0.141. The van der Waals surface area contributed by atoms with Crippen LogP contribution in [0.15, 0.2) is 47.5 Å². The monoisotopic (exact) mass is 362 g/mol. The zero-order valence-electron chi connectivity index (χ0n) is 10.3. The van der Waals surface area contributed by atoms with E-state index in [0.29, 0.717) is 5.71 Å². The Morgan fingerprint density at radius 1 is 1.16 bits per heavy atom. The van der Waals surface area contributed by atoms with Crippen molar-refractivity contribution < 1.29 is 4.79 Å². The number of aryl methyl sites for hydroxylation is 1. The van der Waals surface area contributed by atoms with Gasteiger partial charge in [-0.1, -0.05) is 18.2 Å². The van der Waals surface area contributed by atoms with Gasteiger partial charge in [-0.15, -0.1) is 0 Å². The fourth-order valence-electron chi connectivity index (χ4n) is 2.04. The van der Waals surface area contributed by atoms with Crippen LogP contribution in [-0.2, 0) is 4.79 Å². The molecule has 19 heavy (non-hydrogen) atoms. The van der Waals surface area contributed by atoms with E-state index in [1.165, 1.54) is 3.57 Å². The molecular weight excluding hydrogens is 351 g/mol. The average molecular weight is 362 g/mol. The lowest BCUT2D eigenvalue weighted by Crippen LogP contribution is -2.13. The Balaban J connectivity index is 2.08. The number of nitrogens with one attached hydrogen (secondary N) is 1. The maximum Gasteiger partial charge on any atom is 0.275 e. The predicted molar refractivity (Wildman–Crippen MR) is 85.2 cm³/mol. The summed E-state index contributed by atoms with van der Waals surface area (Å²) in [6.45, 7) is 2.04. The van der Waals surface area contributed by atoms with Gasteiger partial charge in [-0.25, -0.2) is 4.99 Å². The Morgan fingerprint density at radius 3 is 2.74 bits per heavy atom. The lowest BCUT2D eigenvalue weighted by Gasteiger charge is -2.01. The molecule has 0 radical (unpaired) electrons. The third-order valence-electron chi connectivity index (χ3n) is 3.03. The van der Waals surface area contributed by atoms with Crippen LogP contribution in [0, 0.1) is 10.5 Å². The largest absolute Gasteiger partial charge is 0.320 e. The molecule has 1 aliphatic heterocycles. The molecule has 3 rings (SSSR count). The number of rotatable bonds is 1. The van der Waals surface area contributed by atoms with Gasteiger partial charge in [0.25, 0.3) is 5.91 Å². The molecule has 0 unspecified atom stereocenters. The third kappa shape index (κ3) is 2.28. The van der Waals surface area contributed by atoms with Crippen molar-refractivity contribution in [2.24, 2.45) is 4.99 Å². The number of carbonyl (C=O) groups is 1. The molecule has 0 saturated heterocycles. The molecule has 1 aliphatic rings. The Hall–Kier alpha value is -1.69. The van der Waals surface area contributed by atoms with Crippen LogP contribution in [0.1, 0.15) is 11.1 Å². The summed E-state index contributed by atoms with van der Waals surface area (Å²) in [6, 6.07) is 13.5. The predicted octanol–water partition coefficient (Wildman–Crippen LogP) is 3.67. The first kappa shape index (κ1) is 12.3. The summed E-state index contributed by atoms with van der Waals surface area (Å²) in [6.07, 6.45) is 0. The highest BCUT2D eigenvalue weighted by Crippen LogP contribution is 2.26. The number of anilines is 1. The van der Waals surface area contributed by atoms with Gasteiger partial charge >= 0.3 is 0 Å². The molecule has 1 amide bonds. The molecule has 0 aromatic heterocycles. The first-order valence-corrected chi connectivity index (χ1v) is 6.98. The highest BCUT2D eigenvalue weighted by atomic mass is 127. The lowest BCUT2D eigenvalue weighted by molar-refractivity contribution is -0.110. The Labute approximate surface area is 124 Å². The number of halogens is 1. The van der Waals surface area contributed by atoms with Crippen LogP contribution in [-0.4, -0.2) is 11.6 Å². The van der Waals surface area contributed by atoms with E-state index in [1.807, 2.05) is 49.4 Å². The molecule has 2 aromatic rings. The van der Waals surface area contributed by atoms with Gasteiger partial charge in [0.1, 0.15) is 5.71 Å². The molecule has 0 aliphatic carbocycles. The zero-order chi connectivity index (χ0) is 13.4. The molecule has 3 nitrogen and oxygen atoms in total. The standard InChI is InChI=1S/C15H11IN2O/c1-9-8-10(6-7-12(9)16)17-14-11-4-2-3-5-13(11)18-15(14)19/h2-8H,1H3,(H,17,18,19). The summed E-state index contributed by atoms with van der Waals surface area (Å²) in [4.78, 5) is 16.4. The summed E-state index contributed by atoms with van der Waals surface area (Å²) < 4.78 is 1.19. The number of fused-ring (bicyclic) bond motifs is 1. The second-order valence-corrected chi connectivity index (χ2v) is 5.56. The number of nitrogens with zero attached hydrogens (tertiary/aromatic N) is 1. The van der Waals surface area contributed by atoms with Crippen LogP contribution in [0.4, 0.5) is 11.4 Å². The molecule has 0 atom stereocenters. The van der Waals surface area contributed by atoms with Crippen molar-refractivity contribution in [1.82, 2.24) is 0 Å². The summed E-state index contributed by atoms with van der Waals surface area (Å²) >= 11 is 2.28. The van der Waals surface area contributed by atoms with Crippen LogP contribution in [0.3, 0.4) is 0 Å². The van der Waals surface area contributed by atoms with Gasteiger partial charge in [-0.2, -0.15) is 0 Å². The fourth-order valence-corrected chi connectivity index (χ4v) is 2.38. The SMILES string of the molecule is Cc1cc(N=C2C(=O)Nc3ccccc32)ccc1I. The number of amides is 1. The number of hydrogen-bond donors (Lipinski definition) is 1. The number of benzene rings is 2. The Morgan fingerprint density at radius 2 is 1.95 bits per heavy atom. The van der Waals surface area contributed by atoms with Crippen LogP contribution in [0.2, 0.25) is 0 Å². The van der Waals surface area contributed by atoms with Crippen molar-refractivity contribution in [2.75, 3.05) is 5.32 Å². The van der Waals surface area contributed by atoms with E-state index in [0.717, 1.165) is 22.5 Å². The Kier molecular flexibility index (Phi) is 3.10. The van der Waals surface area contributed by atoms with Crippen LogP contribution >= 0.6 is 22.6 Å². The number of hydrogen-bond acceptors (Lipinski definition) is 2. The van der Waals surface area contributed by atoms with Crippen LogP contribution in [0.5, 0.6) is 0 Å². The second-order valence-electron chi connectivity index (χ2n) is 4.39. The molecule has 0 saturated carbocycles. The van der Waals surface area contributed by atoms with E-state index in [9.17, 15) is 4.79 Å². The molecular formula is C15H11IN2O. The summed E-state index contributed by atoms with van der Waals surface area (Å²) in [7, 11) is 0. The van der Waals surface area contributed by atoms with Crippen molar-refractivity contribution in [3.63, 3.8) is 0 Å². The molecule has 2 aromatic carbocycles. The first-order chi connectivity index (χ1) is 9.15. The second kappa shape index (κ2) is 4.77. The fraction of sp³-hybridized carbons (Fsp3) is 0.0667. The summed E-state index contributed by atoms with van der Waals surface area (Å²) in [5.74, 6) is -0.141. The molecule has 94 valence electrons. The number of aliphatic imine (C=N–C) groups is 1.